The summed E-state index contributed by atoms with van der Waals surface area (Å²) in [5.41, 5.74) is 0. The van der Waals surface area contributed by atoms with Crippen LogP contribution in [0.15, 0.2) is 0 Å². The minimum absolute atomic E-state index is 0.219. The summed E-state index contributed by atoms with van der Waals surface area (Å²) < 4.78 is 0. The van der Waals surface area contributed by atoms with Gasteiger partial charge < -0.3 is 4.90 Å². The molecule has 1 aliphatic heterocycles. The number of hydrogen-bond acceptors (Lipinski definition) is 1. The molecule has 2 atom stereocenters. The predicted molar refractivity (Wildman–Crippen MR) is 40.6 cm³/mol. The maximum Gasteiger partial charge on any atom is 0.219 e. The van der Waals surface area contributed by atoms with Gasteiger partial charge in [0.2, 0.25) is 5.91 Å². The third-order valence-corrected chi connectivity index (χ3v) is 2.54. The number of nitrogens with zero attached hydrogens (tertiary/aromatic N) is 1. The summed E-state index contributed by atoms with van der Waals surface area (Å²) in [5, 5.41) is 0. The highest BCUT2D eigenvalue weighted by atomic mass is 16.2. The lowest BCUT2D eigenvalue weighted by Crippen LogP contribution is -2.33. The van der Waals surface area contributed by atoms with E-state index in [0.717, 1.165) is 6.54 Å². The summed E-state index contributed by atoms with van der Waals surface area (Å²) in [7, 11) is 0. The van der Waals surface area contributed by atoms with Crippen LogP contribution in [0, 0.1) is 5.92 Å². The zero-order valence-corrected chi connectivity index (χ0v) is 6.92. The Morgan fingerprint density at radius 1 is 1.50 bits per heavy atom. The van der Waals surface area contributed by atoms with Crippen LogP contribution in [0.3, 0.4) is 0 Å². The standard InChI is InChI=1S/C8H15NO/c1-6-4-5-9(7(6)2)8(3)10/h6-7H,4-5H2,1-3H3. The molecule has 0 bridgehead atoms. The first-order valence-corrected chi connectivity index (χ1v) is 3.90. The summed E-state index contributed by atoms with van der Waals surface area (Å²) in [4.78, 5) is 12.9. The normalized spacial score (nSPS) is 32.9. The molecule has 1 saturated heterocycles. The Kier molecular flexibility index (Phi) is 1.97. The molecule has 2 unspecified atom stereocenters. The highest BCUT2D eigenvalue weighted by Crippen LogP contribution is 2.22. The molecule has 2 heteroatoms. The van der Waals surface area contributed by atoms with Crippen molar-refractivity contribution in [3.8, 4) is 0 Å². The highest BCUT2D eigenvalue weighted by molar-refractivity contribution is 5.73. The number of likely N-dealkylation sites (tertiary alicyclic amines) is 1. The molecule has 0 aromatic carbocycles. The molecule has 0 aliphatic carbocycles. The van der Waals surface area contributed by atoms with E-state index in [1.165, 1.54) is 6.42 Å². The minimum Gasteiger partial charge on any atom is -0.340 e. The van der Waals surface area contributed by atoms with Crippen LogP contribution >= 0.6 is 0 Å². The fraction of sp³-hybridized carbons (Fsp3) is 0.875. The van der Waals surface area contributed by atoms with Gasteiger partial charge in [-0.2, -0.15) is 0 Å². The van der Waals surface area contributed by atoms with Gasteiger partial charge in [-0.1, -0.05) is 6.92 Å². The predicted octanol–water partition coefficient (Wildman–Crippen LogP) is 1.26. The molecule has 1 rings (SSSR count). The molecule has 1 fully saturated rings. The molecule has 58 valence electrons. The van der Waals surface area contributed by atoms with Crippen molar-refractivity contribution in [2.45, 2.75) is 33.2 Å². The quantitative estimate of drug-likeness (QED) is 0.497. The van der Waals surface area contributed by atoms with Crippen LogP contribution in [0.5, 0.6) is 0 Å². The average Bonchev–Trinajstić information content (AvgIpc) is 2.14. The molecule has 0 aromatic heterocycles. The molecule has 0 radical (unpaired) electrons. The highest BCUT2D eigenvalue weighted by Gasteiger charge is 2.28. The van der Waals surface area contributed by atoms with Gasteiger partial charge in [0.15, 0.2) is 0 Å². The first-order valence-electron chi connectivity index (χ1n) is 3.90. The molecule has 1 amide bonds. The molecule has 2 nitrogen and oxygen atoms in total. The molecule has 0 aromatic rings. The fourth-order valence-corrected chi connectivity index (χ4v) is 1.54. The van der Waals surface area contributed by atoms with Crippen molar-refractivity contribution in [1.82, 2.24) is 4.90 Å². The van der Waals surface area contributed by atoms with Crippen molar-refractivity contribution >= 4 is 5.91 Å². The van der Waals surface area contributed by atoms with Gasteiger partial charge in [-0.15, -0.1) is 0 Å². The second kappa shape index (κ2) is 2.60. The maximum atomic E-state index is 10.9. The van der Waals surface area contributed by atoms with Crippen molar-refractivity contribution < 1.29 is 4.79 Å². The van der Waals surface area contributed by atoms with Crippen molar-refractivity contribution in [2.75, 3.05) is 6.54 Å². The van der Waals surface area contributed by atoms with Crippen LogP contribution < -0.4 is 0 Å². The smallest absolute Gasteiger partial charge is 0.219 e. The summed E-state index contributed by atoms with van der Waals surface area (Å²) >= 11 is 0. The van der Waals surface area contributed by atoms with E-state index in [-0.39, 0.29) is 5.91 Å². The van der Waals surface area contributed by atoms with Gasteiger partial charge >= 0.3 is 0 Å². The van der Waals surface area contributed by atoms with Crippen molar-refractivity contribution in [2.24, 2.45) is 5.92 Å². The summed E-state index contributed by atoms with van der Waals surface area (Å²) in [6.07, 6.45) is 1.17. The number of carbonyl (C=O) groups excluding carboxylic acids is 1. The Bertz CT molecular complexity index is 144. The van der Waals surface area contributed by atoms with E-state index in [9.17, 15) is 4.79 Å². The molecular formula is C8H15NO. The van der Waals surface area contributed by atoms with Crippen LogP contribution in [0.2, 0.25) is 0 Å². The number of amides is 1. The molecule has 0 saturated carbocycles. The Morgan fingerprint density at radius 2 is 2.10 bits per heavy atom. The van der Waals surface area contributed by atoms with Crippen molar-refractivity contribution in [1.29, 1.82) is 0 Å². The second-order valence-electron chi connectivity index (χ2n) is 3.22. The van der Waals surface area contributed by atoms with E-state index < -0.39 is 0 Å². The Labute approximate surface area is 62.2 Å². The van der Waals surface area contributed by atoms with Crippen LogP contribution in [-0.2, 0) is 4.79 Å². The first-order chi connectivity index (χ1) is 4.63. The van der Waals surface area contributed by atoms with Gasteiger partial charge in [-0.3, -0.25) is 4.79 Å². The molecular weight excluding hydrogens is 126 g/mol. The van der Waals surface area contributed by atoms with E-state index in [4.69, 9.17) is 0 Å². The molecule has 1 aliphatic rings. The Morgan fingerprint density at radius 3 is 2.30 bits per heavy atom. The van der Waals surface area contributed by atoms with E-state index in [1.54, 1.807) is 6.92 Å². The van der Waals surface area contributed by atoms with E-state index in [1.807, 2.05) is 4.90 Å². The minimum atomic E-state index is 0.219. The zero-order valence-electron chi connectivity index (χ0n) is 6.92. The van der Waals surface area contributed by atoms with Gasteiger partial charge in [0.25, 0.3) is 0 Å². The number of carbonyl (C=O) groups is 1. The van der Waals surface area contributed by atoms with Gasteiger partial charge in [0.1, 0.15) is 0 Å². The van der Waals surface area contributed by atoms with Crippen LogP contribution in [0.4, 0.5) is 0 Å². The molecule has 0 spiro atoms. The largest absolute Gasteiger partial charge is 0.340 e. The SMILES string of the molecule is CC(=O)N1CCC(C)C1C. The van der Waals surface area contributed by atoms with Crippen LogP contribution in [0.25, 0.3) is 0 Å². The molecule has 0 N–H and O–H groups in total. The third kappa shape index (κ3) is 1.15. The molecule has 1 heterocycles. The Balaban J connectivity index is 2.57. The van der Waals surface area contributed by atoms with Crippen molar-refractivity contribution in [3.05, 3.63) is 0 Å². The van der Waals surface area contributed by atoms with E-state index in [0.29, 0.717) is 12.0 Å². The summed E-state index contributed by atoms with van der Waals surface area (Å²) in [6.45, 7) is 6.93. The fourth-order valence-electron chi connectivity index (χ4n) is 1.54. The van der Waals surface area contributed by atoms with Gasteiger partial charge in [-0.25, -0.2) is 0 Å². The topological polar surface area (TPSA) is 20.3 Å². The first kappa shape index (κ1) is 7.58. The van der Waals surface area contributed by atoms with Crippen molar-refractivity contribution in [3.63, 3.8) is 0 Å². The zero-order chi connectivity index (χ0) is 7.72. The van der Waals surface area contributed by atoms with Gasteiger partial charge in [0, 0.05) is 19.5 Å². The lowest BCUT2D eigenvalue weighted by molar-refractivity contribution is -0.129. The second-order valence-corrected chi connectivity index (χ2v) is 3.22. The number of rotatable bonds is 0. The third-order valence-electron chi connectivity index (χ3n) is 2.54. The Hall–Kier alpha value is -0.530. The van der Waals surface area contributed by atoms with Gasteiger partial charge in [-0.05, 0) is 19.3 Å². The van der Waals surface area contributed by atoms with E-state index in [2.05, 4.69) is 13.8 Å². The monoisotopic (exact) mass is 141 g/mol. The van der Waals surface area contributed by atoms with Crippen LogP contribution in [-0.4, -0.2) is 23.4 Å². The summed E-state index contributed by atoms with van der Waals surface area (Å²) in [5.74, 6) is 0.903. The van der Waals surface area contributed by atoms with Crippen LogP contribution in [0.1, 0.15) is 27.2 Å². The lowest BCUT2D eigenvalue weighted by Gasteiger charge is -2.21. The van der Waals surface area contributed by atoms with E-state index >= 15 is 0 Å². The van der Waals surface area contributed by atoms with Gasteiger partial charge in [0.05, 0.1) is 0 Å². The lowest BCUT2D eigenvalue weighted by atomic mass is 10.1. The summed E-state index contributed by atoms with van der Waals surface area (Å²) in [6, 6.07) is 0.456. The maximum absolute atomic E-state index is 10.9. The average molecular weight is 141 g/mol. The number of hydrogen-bond donors (Lipinski definition) is 0. The molecule has 10 heavy (non-hydrogen) atoms.